The van der Waals surface area contributed by atoms with Crippen LogP contribution in [0.3, 0.4) is 0 Å². The normalized spacial score (nSPS) is 11.7. The van der Waals surface area contributed by atoms with Crippen molar-refractivity contribution in [2.75, 3.05) is 0 Å². The van der Waals surface area contributed by atoms with Gasteiger partial charge in [-0.2, -0.15) is 12.4 Å². The van der Waals surface area contributed by atoms with Crippen LogP contribution < -0.4 is 4.18 Å². The number of fused-ring (bicyclic) bond motifs is 1. The molecule has 2 aromatic heterocycles. The topological polar surface area (TPSA) is 74.1 Å². The van der Waals surface area contributed by atoms with Gasteiger partial charge in [-0.25, -0.2) is 9.97 Å². The van der Waals surface area contributed by atoms with Gasteiger partial charge in [-0.3, -0.25) is 0 Å². The van der Waals surface area contributed by atoms with E-state index in [1.165, 1.54) is 18.6 Å². The predicted octanol–water partition coefficient (Wildman–Crippen LogP) is 2.26. The van der Waals surface area contributed by atoms with E-state index in [2.05, 4.69) is 9.97 Å². The molecule has 6 nitrogen and oxygen atoms in total. The van der Waals surface area contributed by atoms with E-state index in [-0.39, 0.29) is 16.5 Å². The van der Waals surface area contributed by atoms with E-state index in [0.29, 0.717) is 5.39 Å². The average Bonchev–Trinajstić information content (AvgIpc) is 2.85. The lowest BCUT2D eigenvalue weighted by Crippen LogP contribution is -2.18. The van der Waals surface area contributed by atoms with Gasteiger partial charge < -0.3 is 4.18 Å². The highest BCUT2D eigenvalue weighted by molar-refractivity contribution is 7.85. The lowest BCUT2D eigenvalue weighted by molar-refractivity contribution is 0.477. The van der Waals surface area contributed by atoms with E-state index in [0.717, 1.165) is 3.97 Å². The van der Waals surface area contributed by atoms with Crippen LogP contribution in [0, 0.1) is 0 Å². The van der Waals surface area contributed by atoms with Gasteiger partial charge in [-0.1, -0.05) is 29.8 Å². The van der Waals surface area contributed by atoms with Gasteiger partial charge in [0.15, 0.2) is 5.65 Å². The maximum Gasteiger partial charge on any atom is 0.415 e. The largest absolute Gasteiger partial charge is 0.415 e. The minimum atomic E-state index is -4.05. The molecule has 0 saturated carbocycles. The molecule has 2 heterocycles. The van der Waals surface area contributed by atoms with Gasteiger partial charge in [0.25, 0.3) is 0 Å². The van der Waals surface area contributed by atoms with Crippen LogP contribution in [0.25, 0.3) is 11.0 Å². The van der Waals surface area contributed by atoms with Gasteiger partial charge in [0, 0.05) is 6.20 Å². The molecular formula is C12H8ClN3O3S. The van der Waals surface area contributed by atoms with Crippen molar-refractivity contribution in [1.29, 1.82) is 0 Å². The monoisotopic (exact) mass is 309 g/mol. The smallest absolute Gasteiger partial charge is 0.366 e. The van der Waals surface area contributed by atoms with Crippen molar-refractivity contribution >= 4 is 32.9 Å². The fourth-order valence-corrected chi connectivity index (χ4v) is 2.91. The van der Waals surface area contributed by atoms with Crippen molar-refractivity contribution < 1.29 is 12.6 Å². The summed E-state index contributed by atoms with van der Waals surface area (Å²) in [6.07, 6.45) is 2.52. The van der Waals surface area contributed by atoms with Gasteiger partial charge >= 0.3 is 10.3 Å². The Balaban J connectivity index is 2.08. The van der Waals surface area contributed by atoms with Gasteiger partial charge in [0.1, 0.15) is 17.2 Å². The zero-order valence-corrected chi connectivity index (χ0v) is 11.5. The molecule has 0 atom stereocenters. The van der Waals surface area contributed by atoms with Crippen molar-refractivity contribution in [2.24, 2.45) is 0 Å². The molecule has 0 aliphatic rings. The summed E-state index contributed by atoms with van der Waals surface area (Å²) in [6.45, 7) is 0. The fourth-order valence-electron chi connectivity index (χ4n) is 1.72. The zero-order valence-electron chi connectivity index (χ0n) is 9.97. The molecule has 20 heavy (non-hydrogen) atoms. The molecule has 1 aromatic carbocycles. The molecule has 0 fully saturated rings. The molecule has 0 N–H and O–H groups in total. The summed E-state index contributed by atoms with van der Waals surface area (Å²) in [5.74, 6) is 0.217. The van der Waals surface area contributed by atoms with Crippen LogP contribution >= 0.6 is 11.6 Å². The summed E-state index contributed by atoms with van der Waals surface area (Å²) < 4.78 is 30.4. The quantitative estimate of drug-likeness (QED) is 0.694. The second kappa shape index (κ2) is 4.77. The highest BCUT2D eigenvalue weighted by Gasteiger charge is 2.20. The molecule has 0 amide bonds. The maximum atomic E-state index is 12.2. The third-order valence-electron chi connectivity index (χ3n) is 2.59. The summed E-state index contributed by atoms with van der Waals surface area (Å²) in [6, 6.07) is 9.73. The van der Waals surface area contributed by atoms with E-state index in [4.69, 9.17) is 15.8 Å². The number of aromatic nitrogens is 3. The Morgan fingerprint density at radius 1 is 1.10 bits per heavy atom. The molecule has 0 spiro atoms. The summed E-state index contributed by atoms with van der Waals surface area (Å²) in [4.78, 5) is 7.71. The standard InChI is InChI=1S/C12H8ClN3O3S/c13-11-10-6-7-16(12(10)15-8-14-11)20(17,18)19-9-4-2-1-3-5-9/h1-8H. The molecule has 0 aliphatic heterocycles. The van der Waals surface area contributed by atoms with Gasteiger partial charge in [0.05, 0.1) is 5.39 Å². The Bertz CT molecular complexity index is 862. The van der Waals surface area contributed by atoms with Crippen LogP contribution in [-0.2, 0) is 10.3 Å². The number of halogens is 1. The lowest BCUT2D eigenvalue weighted by atomic mass is 10.3. The van der Waals surface area contributed by atoms with E-state index >= 15 is 0 Å². The third kappa shape index (κ3) is 2.21. The van der Waals surface area contributed by atoms with E-state index in [1.807, 2.05) is 0 Å². The molecule has 0 aliphatic carbocycles. The minimum absolute atomic E-state index is 0.168. The summed E-state index contributed by atoms with van der Waals surface area (Å²) >= 11 is 5.88. The first-order valence-corrected chi connectivity index (χ1v) is 7.30. The number of nitrogens with zero attached hydrogens (tertiary/aromatic N) is 3. The maximum absolute atomic E-state index is 12.2. The van der Waals surface area contributed by atoms with Crippen LogP contribution in [0.1, 0.15) is 0 Å². The molecule has 0 unspecified atom stereocenters. The molecule has 0 radical (unpaired) electrons. The Labute approximate surface area is 119 Å². The molecule has 3 rings (SSSR count). The summed E-state index contributed by atoms with van der Waals surface area (Å²) in [5, 5.41) is 0.623. The van der Waals surface area contributed by atoms with E-state index in [9.17, 15) is 8.42 Å². The molecule has 102 valence electrons. The average molecular weight is 310 g/mol. The van der Waals surface area contributed by atoms with Crippen LogP contribution in [-0.4, -0.2) is 22.4 Å². The number of hydrogen-bond acceptors (Lipinski definition) is 5. The minimum Gasteiger partial charge on any atom is -0.366 e. The second-order valence-electron chi connectivity index (χ2n) is 3.87. The first kappa shape index (κ1) is 12.9. The molecule has 0 saturated heterocycles. The van der Waals surface area contributed by atoms with Crippen LogP contribution in [0.5, 0.6) is 5.75 Å². The van der Waals surface area contributed by atoms with Gasteiger partial charge in [0.2, 0.25) is 0 Å². The van der Waals surface area contributed by atoms with Crippen molar-refractivity contribution in [3.8, 4) is 5.75 Å². The third-order valence-corrected chi connectivity index (χ3v) is 4.07. The molecule has 8 heteroatoms. The summed E-state index contributed by atoms with van der Waals surface area (Å²) in [7, 11) is -4.05. The predicted molar refractivity (Wildman–Crippen MR) is 73.9 cm³/mol. The Morgan fingerprint density at radius 2 is 1.85 bits per heavy atom. The number of para-hydroxylation sites is 1. The van der Waals surface area contributed by atoms with E-state index in [1.54, 1.807) is 30.3 Å². The molecule has 0 bridgehead atoms. The van der Waals surface area contributed by atoms with Crippen LogP contribution in [0.4, 0.5) is 0 Å². The summed E-state index contributed by atoms with van der Waals surface area (Å²) in [5.41, 5.74) is 0.168. The fraction of sp³-hybridized carbons (Fsp3) is 0. The Hall–Kier alpha value is -2.12. The van der Waals surface area contributed by atoms with Gasteiger partial charge in [-0.05, 0) is 18.2 Å². The zero-order chi connectivity index (χ0) is 14.2. The first-order chi connectivity index (χ1) is 9.58. The Morgan fingerprint density at radius 3 is 2.60 bits per heavy atom. The highest BCUT2D eigenvalue weighted by Crippen LogP contribution is 2.22. The van der Waals surface area contributed by atoms with Crippen molar-refractivity contribution in [1.82, 2.24) is 13.9 Å². The van der Waals surface area contributed by atoms with E-state index < -0.39 is 10.3 Å². The van der Waals surface area contributed by atoms with Crippen LogP contribution in [0.2, 0.25) is 5.15 Å². The van der Waals surface area contributed by atoms with Crippen molar-refractivity contribution in [3.63, 3.8) is 0 Å². The van der Waals surface area contributed by atoms with Crippen LogP contribution in [0.15, 0.2) is 48.9 Å². The van der Waals surface area contributed by atoms with Gasteiger partial charge in [-0.15, -0.1) is 0 Å². The molecular weight excluding hydrogens is 302 g/mol. The lowest BCUT2D eigenvalue weighted by Gasteiger charge is -2.07. The highest BCUT2D eigenvalue weighted by atomic mass is 35.5. The number of rotatable bonds is 3. The van der Waals surface area contributed by atoms with Crippen molar-refractivity contribution in [2.45, 2.75) is 0 Å². The Kier molecular flexibility index (Phi) is 3.07. The van der Waals surface area contributed by atoms with Crippen molar-refractivity contribution in [3.05, 3.63) is 54.1 Å². The molecule has 3 aromatic rings. The number of benzene rings is 1. The SMILES string of the molecule is O=S(=O)(Oc1ccccc1)n1ccc2c(Cl)ncnc21. The first-order valence-electron chi connectivity index (χ1n) is 5.55. The second-order valence-corrected chi connectivity index (χ2v) is 5.64. The number of hydrogen-bond donors (Lipinski definition) is 0.